The molecule has 1 fully saturated rings. The number of urea groups is 1. The summed E-state index contributed by atoms with van der Waals surface area (Å²) in [4.78, 5) is 41.9. The SMILES string of the molecule is CN1CCCN(C(=O)N(Cc2ccc(C(=O)CNC(=O)C(F)F)cc2F)c2ccccc2)CC1. The number of carbonyl (C=O) groups excluding carboxylic acids is 3. The minimum atomic E-state index is -3.24. The molecule has 34 heavy (non-hydrogen) atoms. The maximum atomic E-state index is 14.9. The van der Waals surface area contributed by atoms with Gasteiger partial charge in [-0.1, -0.05) is 30.3 Å². The predicted octanol–water partition coefficient (Wildman–Crippen LogP) is 3.15. The number of nitrogens with zero attached hydrogens (tertiary/aromatic N) is 3. The normalized spacial score (nSPS) is 14.6. The van der Waals surface area contributed by atoms with Crippen molar-refractivity contribution in [3.63, 3.8) is 0 Å². The van der Waals surface area contributed by atoms with E-state index in [4.69, 9.17) is 0 Å². The van der Waals surface area contributed by atoms with Gasteiger partial charge in [-0.2, -0.15) is 8.78 Å². The lowest BCUT2D eigenvalue weighted by molar-refractivity contribution is -0.131. The van der Waals surface area contributed by atoms with Crippen molar-refractivity contribution in [2.75, 3.05) is 44.7 Å². The molecular weight excluding hydrogens is 449 g/mol. The van der Waals surface area contributed by atoms with E-state index in [2.05, 4.69) is 4.90 Å². The van der Waals surface area contributed by atoms with Crippen molar-refractivity contribution in [2.45, 2.75) is 19.4 Å². The van der Waals surface area contributed by atoms with Crippen LogP contribution in [0.25, 0.3) is 0 Å². The number of rotatable bonds is 7. The van der Waals surface area contributed by atoms with Gasteiger partial charge in [0.1, 0.15) is 5.82 Å². The van der Waals surface area contributed by atoms with Gasteiger partial charge in [-0.05, 0) is 38.2 Å². The van der Waals surface area contributed by atoms with Crippen LogP contribution in [-0.2, 0) is 11.3 Å². The molecule has 3 amide bonds. The quantitative estimate of drug-likeness (QED) is 0.624. The number of Topliss-reactive ketones (excluding diaryl/α,β-unsaturated/α-hetero) is 1. The number of nitrogens with one attached hydrogen (secondary N) is 1. The number of ketones is 1. The third-order valence-electron chi connectivity index (χ3n) is 5.61. The van der Waals surface area contributed by atoms with Crippen molar-refractivity contribution in [2.24, 2.45) is 0 Å². The molecule has 2 aromatic carbocycles. The Morgan fingerprint density at radius 2 is 1.76 bits per heavy atom. The van der Waals surface area contributed by atoms with E-state index in [0.29, 0.717) is 18.8 Å². The van der Waals surface area contributed by atoms with Crippen LogP contribution < -0.4 is 10.2 Å². The van der Waals surface area contributed by atoms with E-state index in [1.165, 1.54) is 17.0 Å². The van der Waals surface area contributed by atoms with Gasteiger partial charge in [0.15, 0.2) is 5.78 Å². The molecule has 0 aromatic heterocycles. The van der Waals surface area contributed by atoms with Gasteiger partial charge in [-0.25, -0.2) is 9.18 Å². The summed E-state index contributed by atoms with van der Waals surface area (Å²) in [7, 11) is 2.00. The van der Waals surface area contributed by atoms with Crippen LogP contribution in [0.15, 0.2) is 48.5 Å². The van der Waals surface area contributed by atoms with Crippen molar-refractivity contribution in [3.8, 4) is 0 Å². The molecule has 1 heterocycles. The standard InChI is InChI=1S/C24H27F3N4O3/c1-29-10-5-11-30(13-12-29)24(34)31(19-6-3-2-4-7-19)16-18-9-8-17(14-20(18)25)21(32)15-28-23(33)22(26)27/h2-4,6-9,14,22H,5,10-13,15-16H2,1H3,(H,28,33). The molecule has 0 saturated carbocycles. The first-order valence-electron chi connectivity index (χ1n) is 10.9. The Morgan fingerprint density at radius 3 is 2.44 bits per heavy atom. The fourth-order valence-electron chi connectivity index (χ4n) is 3.65. The van der Waals surface area contributed by atoms with Gasteiger partial charge in [0.2, 0.25) is 0 Å². The topological polar surface area (TPSA) is 73.0 Å². The molecule has 1 aliphatic heterocycles. The van der Waals surface area contributed by atoms with E-state index in [1.54, 1.807) is 34.5 Å². The first-order chi connectivity index (χ1) is 16.3. The average Bonchev–Trinajstić information content (AvgIpc) is 3.05. The van der Waals surface area contributed by atoms with E-state index >= 15 is 0 Å². The zero-order valence-electron chi connectivity index (χ0n) is 18.8. The summed E-state index contributed by atoms with van der Waals surface area (Å²) >= 11 is 0. The maximum Gasteiger partial charge on any atom is 0.324 e. The summed E-state index contributed by atoms with van der Waals surface area (Å²) in [5, 5.41) is 1.80. The number of amides is 3. The number of para-hydroxylation sites is 1. The molecule has 0 spiro atoms. The Balaban J connectivity index is 1.78. The van der Waals surface area contributed by atoms with Crippen LogP contribution in [0.1, 0.15) is 22.3 Å². The minimum absolute atomic E-state index is 0.0579. The fraction of sp³-hybridized carbons (Fsp3) is 0.375. The molecule has 10 heteroatoms. The molecule has 1 aliphatic rings. The molecule has 182 valence electrons. The van der Waals surface area contributed by atoms with Gasteiger partial charge in [0.05, 0.1) is 13.1 Å². The Hall–Kier alpha value is -3.40. The highest BCUT2D eigenvalue weighted by atomic mass is 19.3. The van der Waals surface area contributed by atoms with E-state index in [-0.39, 0.29) is 23.7 Å². The second-order valence-electron chi connectivity index (χ2n) is 8.10. The van der Waals surface area contributed by atoms with E-state index in [9.17, 15) is 27.6 Å². The van der Waals surface area contributed by atoms with Crippen molar-refractivity contribution in [3.05, 3.63) is 65.5 Å². The second-order valence-corrected chi connectivity index (χ2v) is 8.10. The van der Waals surface area contributed by atoms with Crippen molar-refractivity contribution >= 4 is 23.4 Å². The number of benzene rings is 2. The second kappa shape index (κ2) is 11.6. The molecule has 1 N–H and O–H groups in total. The van der Waals surface area contributed by atoms with Crippen LogP contribution in [-0.4, -0.2) is 73.7 Å². The zero-order valence-corrected chi connectivity index (χ0v) is 18.8. The number of likely N-dealkylation sites (N-methyl/N-ethyl adjacent to an activating group) is 1. The van der Waals surface area contributed by atoms with Crippen LogP contribution in [0.3, 0.4) is 0 Å². The molecular formula is C24H27F3N4O3. The van der Waals surface area contributed by atoms with Gasteiger partial charge in [0, 0.05) is 36.4 Å². The lowest BCUT2D eigenvalue weighted by atomic mass is 10.1. The zero-order chi connectivity index (χ0) is 24.7. The van der Waals surface area contributed by atoms with Crippen molar-refractivity contribution < 1.29 is 27.6 Å². The summed E-state index contributed by atoms with van der Waals surface area (Å²) in [6, 6.07) is 12.4. The molecule has 1 saturated heterocycles. The maximum absolute atomic E-state index is 14.9. The Bertz CT molecular complexity index is 1020. The van der Waals surface area contributed by atoms with Crippen LogP contribution in [0.5, 0.6) is 0 Å². The minimum Gasteiger partial charge on any atom is -0.344 e. The molecule has 0 unspecified atom stereocenters. The summed E-state index contributed by atoms with van der Waals surface area (Å²) in [5.41, 5.74) is 0.737. The van der Waals surface area contributed by atoms with Gasteiger partial charge in [-0.3, -0.25) is 14.5 Å². The average molecular weight is 476 g/mol. The Kier molecular flexibility index (Phi) is 8.64. The number of anilines is 1. The predicted molar refractivity (Wildman–Crippen MR) is 121 cm³/mol. The molecule has 3 rings (SSSR count). The molecule has 7 nitrogen and oxygen atoms in total. The van der Waals surface area contributed by atoms with E-state index < -0.39 is 30.5 Å². The summed E-state index contributed by atoms with van der Waals surface area (Å²) < 4.78 is 39.5. The summed E-state index contributed by atoms with van der Waals surface area (Å²) in [6.07, 6.45) is -2.41. The number of alkyl halides is 2. The van der Waals surface area contributed by atoms with Gasteiger partial charge < -0.3 is 15.1 Å². The molecule has 0 atom stereocenters. The first kappa shape index (κ1) is 25.2. The van der Waals surface area contributed by atoms with E-state index in [1.807, 2.05) is 13.1 Å². The van der Waals surface area contributed by atoms with Crippen molar-refractivity contribution in [1.82, 2.24) is 15.1 Å². The lowest BCUT2D eigenvalue weighted by Crippen LogP contribution is -2.44. The highest BCUT2D eigenvalue weighted by Gasteiger charge is 2.25. The van der Waals surface area contributed by atoms with Crippen molar-refractivity contribution in [1.29, 1.82) is 0 Å². The largest absolute Gasteiger partial charge is 0.344 e. The van der Waals surface area contributed by atoms with Gasteiger partial charge in [0.25, 0.3) is 5.91 Å². The summed E-state index contributed by atoms with van der Waals surface area (Å²) in [6.45, 7) is 2.04. The van der Waals surface area contributed by atoms with Crippen LogP contribution in [0.4, 0.5) is 23.7 Å². The van der Waals surface area contributed by atoms with Gasteiger partial charge in [-0.15, -0.1) is 0 Å². The highest BCUT2D eigenvalue weighted by molar-refractivity contribution is 5.99. The number of hydrogen-bond donors (Lipinski definition) is 1. The number of carbonyl (C=O) groups is 3. The fourth-order valence-corrected chi connectivity index (χ4v) is 3.65. The number of hydrogen-bond acceptors (Lipinski definition) is 4. The Morgan fingerprint density at radius 1 is 1.03 bits per heavy atom. The molecule has 0 aliphatic carbocycles. The summed E-state index contributed by atoms with van der Waals surface area (Å²) in [5.74, 6) is -2.98. The molecule has 0 radical (unpaired) electrons. The monoisotopic (exact) mass is 476 g/mol. The number of halogens is 3. The lowest BCUT2D eigenvalue weighted by Gasteiger charge is -2.30. The van der Waals surface area contributed by atoms with Crippen LogP contribution in [0.2, 0.25) is 0 Å². The third kappa shape index (κ3) is 6.57. The third-order valence-corrected chi connectivity index (χ3v) is 5.61. The molecule has 2 aromatic rings. The first-order valence-corrected chi connectivity index (χ1v) is 10.9. The molecule has 0 bridgehead atoms. The van der Waals surface area contributed by atoms with E-state index in [0.717, 1.165) is 25.6 Å². The highest BCUT2D eigenvalue weighted by Crippen LogP contribution is 2.22. The van der Waals surface area contributed by atoms with Crippen LogP contribution >= 0.6 is 0 Å². The Labute approximate surface area is 196 Å². The van der Waals surface area contributed by atoms with Gasteiger partial charge >= 0.3 is 12.5 Å². The van der Waals surface area contributed by atoms with Crippen LogP contribution in [0, 0.1) is 5.82 Å². The smallest absolute Gasteiger partial charge is 0.324 e.